The van der Waals surface area contributed by atoms with E-state index in [9.17, 15) is 14.4 Å². The lowest BCUT2D eigenvalue weighted by Gasteiger charge is -2.18. The van der Waals surface area contributed by atoms with Crippen molar-refractivity contribution in [3.05, 3.63) is 72.9 Å². The lowest BCUT2D eigenvalue weighted by molar-refractivity contribution is -0.167. The molecule has 434 valence electrons. The third kappa shape index (κ3) is 61.6. The van der Waals surface area contributed by atoms with Crippen LogP contribution in [-0.2, 0) is 28.6 Å². The zero-order chi connectivity index (χ0) is 54.3. The van der Waals surface area contributed by atoms with E-state index in [0.717, 1.165) is 96.3 Å². The molecular weight excluding hydrogens is 925 g/mol. The molecule has 0 bridgehead atoms. The monoisotopic (exact) mass is 1050 g/mol. The molecule has 75 heavy (non-hydrogen) atoms. The summed E-state index contributed by atoms with van der Waals surface area (Å²) in [5.41, 5.74) is 0. The molecule has 0 aliphatic carbocycles. The maximum atomic E-state index is 12.8. The minimum atomic E-state index is -0.769. The molecule has 0 fully saturated rings. The highest BCUT2D eigenvalue weighted by atomic mass is 16.6. The van der Waals surface area contributed by atoms with Gasteiger partial charge in [0.05, 0.1) is 0 Å². The predicted molar refractivity (Wildman–Crippen MR) is 325 cm³/mol. The summed E-state index contributed by atoms with van der Waals surface area (Å²) in [4.78, 5) is 38.1. The predicted octanol–water partition coefficient (Wildman–Crippen LogP) is 22.1. The van der Waals surface area contributed by atoms with Crippen LogP contribution in [0.5, 0.6) is 0 Å². The molecule has 0 heterocycles. The number of unbranched alkanes of at least 4 members (excludes halogenated alkanes) is 36. The Kier molecular flexibility index (Phi) is 60.7. The Hall–Kier alpha value is -3.15. The number of ether oxygens (including phenoxy) is 3. The van der Waals surface area contributed by atoms with Crippen molar-refractivity contribution in [2.45, 2.75) is 335 Å². The molecule has 6 heteroatoms. The first-order chi connectivity index (χ1) is 37.0. The van der Waals surface area contributed by atoms with E-state index in [4.69, 9.17) is 14.2 Å². The highest BCUT2D eigenvalue weighted by molar-refractivity contribution is 5.71. The second kappa shape index (κ2) is 63.4. The van der Waals surface area contributed by atoms with Gasteiger partial charge >= 0.3 is 17.9 Å². The van der Waals surface area contributed by atoms with Crippen molar-refractivity contribution < 1.29 is 28.6 Å². The maximum absolute atomic E-state index is 12.8. The molecule has 0 saturated heterocycles. The average Bonchev–Trinajstić information content (AvgIpc) is 3.41. The Morgan fingerprint density at radius 1 is 0.280 bits per heavy atom. The Balaban J connectivity index is 4.08. The van der Waals surface area contributed by atoms with E-state index in [0.29, 0.717) is 19.3 Å². The zero-order valence-corrected chi connectivity index (χ0v) is 49.8. The second-order valence-corrected chi connectivity index (χ2v) is 21.7. The van der Waals surface area contributed by atoms with Crippen LogP contribution in [0, 0.1) is 0 Å². The molecular formula is C69H122O6. The van der Waals surface area contributed by atoms with Gasteiger partial charge in [-0.1, -0.05) is 312 Å². The first-order valence-electron chi connectivity index (χ1n) is 32.4. The fraction of sp³-hybridized carbons (Fsp3) is 0.783. The molecule has 0 aromatic carbocycles. The fourth-order valence-electron chi connectivity index (χ4n) is 9.39. The van der Waals surface area contributed by atoms with Crippen molar-refractivity contribution in [2.24, 2.45) is 0 Å². The van der Waals surface area contributed by atoms with Gasteiger partial charge in [0.1, 0.15) is 13.2 Å². The number of hydrogen-bond acceptors (Lipinski definition) is 6. The summed E-state index contributed by atoms with van der Waals surface area (Å²) < 4.78 is 16.9. The Morgan fingerprint density at radius 3 is 0.813 bits per heavy atom. The molecule has 0 aliphatic heterocycles. The van der Waals surface area contributed by atoms with Crippen LogP contribution in [0.15, 0.2) is 72.9 Å². The molecule has 0 spiro atoms. The van der Waals surface area contributed by atoms with Crippen LogP contribution in [-0.4, -0.2) is 37.2 Å². The largest absolute Gasteiger partial charge is 0.462 e. The molecule has 0 amide bonds. The number of esters is 3. The lowest BCUT2D eigenvalue weighted by atomic mass is 10.0. The molecule has 0 rings (SSSR count). The average molecular weight is 1050 g/mol. The summed E-state index contributed by atoms with van der Waals surface area (Å²) in [7, 11) is 0. The zero-order valence-electron chi connectivity index (χ0n) is 49.8. The SMILES string of the molecule is CC/C=C\C/C=C\C/C=C\C/C=C\C/C=C\C/C=C\CCCCCCCCCCCCCCCCC(=O)OCC(COC(=O)CCCCCCCCCCC)OC(=O)CCCCCCCCCCCCCCCCC. The van der Waals surface area contributed by atoms with Crippen LogP contribution >= 0.6 is 0 Å². The van der Waals surface area contributed by atoms with Crippen molar-refractivity contribution in [1.29, 1.82) is 0 Å². The van der Waals surface area contributed by atoms with Crippen LogP contribution in [0.4, 0.5) is 0 Å². The van der Waals surface area contributed by atoms with Crippen LogP contribution < -0.4 is 0 Å². The molecule has 0 aromatic heterocycles. The number of allylic oxidation sites excluding steroid dienone is 12. The Bertz CT molecular complexity index is 1390. The van der Waals surface area contributed by atoms with E-state index in [1.165, 1.54) is 193 Å². The summed E-state index contributed by atoms with van der Waals surface area (Å²) in [6.07, 6.45) is 82.1. The van der Waals surface area contributed by atoms with Crippen molar-refractivity contribution in [3.63, 3.8) is 0 Å². The van der Waals surface area contributed by atoms with Crippen LogP contribution in [0.1, 0.15) is 329 Å². The first kappa shape index (κ1) is 71.8. The van der Waals surface area contributed by atoms with E-state index in [1.54, 1.807) is 0 Å². The maximum Gasteiger partial charge on any atom is 0.306 e. The van der Waals surface area contributed by atoms with E-state index in [2.05, 4.69) is 93.7 Å². The summed E-state index contributed by atoms with van der Waals surface area (Å²) in [5.74, 6) is -0.855. The van der Waals surface area contributed by atoms with Gasteiger partial charge in [-0.3, -0.25) is 14.4 Å². The number of carbonyl (C=O) groups is 3. The summed E-state index contributed by atoms with van der Waals surface area (Å²) in [5, 5.41) is 0. The fourth-order valence-corrected chi connectivity index (χ4v) is 9.39. The standard InChI is InChI=1S/C69H122O6/c1-4-7-10-13-16-19-21-23-25-26-27-28-29-30-31-32-33-34-35-36-37-38-39-40-41-42-44-45-47-50-53-56-59-62-68(71)74-65-66(64-73-67(70)61-58-55-52-49-18-15-12-9-6-3)75-69(72)63-60-57-54-51-48-46-43-24-22-20-17-14-11-8-5-2/h7,10,16,19,23,25,27-28,30-31,33-34,66H,4-6,8-9,11-15,17-18,20-22,24,26,29,32,35-65H2,1-3H3/b10-7-,19-16-,25-23-,28-27-,31-30-,34-33-. The van der Waals surface area contributed by atoms with Crippen molar-refractivity contribution in [3.8, 4) is 0 Å². The quantitative estimate of drug-likeness (QED) is 0.0261. The smallest absolute Gasteiger partial charge is 0.306 e. The van der Waals surface area contributed by atoms with Gasteiger partial charge in [0, 0.05) is 19.3 Å². The van der Waals surface area contributed by atoms with Crippen molar-refractivity contribution >= 4 is 17.9 Å². The minimum Gasteiger partial charge on any atom is -0.462 e. The molecule has 1 atom stereocenters. The van der Waals surface area contributed by atoms with E-state index in [1.807, 2.05) is 0 Å². The molecule has 0 N–H and O–H groups in total. The third-order valence-corrected chi connectivity index (χ3v) is 14.2. The van der Waals surface area contributed by atoms with E-state index < -0.39 is 6.10 Å². The van der Waals surface area contributed by atoms with Gasteiger partial charge < -0.3 is 14.2 Å². The molecule has 6 nitrogen and oxygen atoms in total. The van der Waals surface area contributed by atoms with Crippen LogP contribution in [0.2, 0.25) is 0 Å². The van der Waals surface area contributed by atoms with Gasteiger partial charge in [-0.05, 0) is 70.6 Å². The van der Waals surface area contributed by atoms with Crippen molar-refractivity contribution in [2.75, 3.05) is 13.2 Å². The van der Waals surface area contributed by atoms with E-state index in [-0.39, 0.29) is 31.1 Å². The number of carbonyl (C=O) groups excluding carboxylic acids is 3. The molecule has 0 aliphatic rings. The van der Waals surface area contributed by atoms with E-state index >= 15 is 0 Å². The highest BCUT2D eigenvalue weighted by Crippen LogP contribution is 2.17. The molecule has 0 radical (unpaired) electrons. The number of hydrogen-bond donors (Lipinski definition) is 0. The van der Waals surface area contributed by atoms with Gasteiger partial charge in [-0.2, -0.15) is 0 Å². The summed E-state index contributed by atoms with van der Waals surface area (Å²) in [6, 6.07) is 0. The summed E-state index contributed by atoms with van der Waals surface area (Å²) >= 11 is 0. The first-order valence-corrected chi connectivity index (χ1v) is 32.4. The Morgan fingerprint density at radius 2 is 0.520 bits per heavy atom. The summed E-state index contributed by atoms with van der Waals surface area (Å²) in [6.45, 7) is 6.54. The van der Waals surface area contributed by atoms with Gasteiger partial charge in [0.15, 0.2) is 6.10 Å². The normalized spacial score (nSPS) is 12.5. The topological polar surface area (TPSA) is 78.9 Å². The third-order valence-electron chi connectivity index (χ3n) is 14.2. The van der Waals surface area contributed by atoms with Crippen molar-refractivity contribution in [1.82, 2.24) is 0 Å². The highest BCUT2D eigenvalue weighted by Gasteiger charge is 2.19. The second-order valence-electron chi connectivity index (χ2n) is 21.7. The van der Waals surface area contributed by atoms with Gasteiger partial charge in [0.25, 0.3) is 0 Å². The van der Waals surface area contributed by atoms with Gasteiger partial charge in [-0.15, -0.1) is 0 Å². The molecule has 0 saturated carbocycles. The minimum absolute atomic E-state index is 0.0690. The number of rotatable bonds is 59. The van der Waals surface area contributed by atoms with Gasteiger partial charge in [0.2, 0.25) is 0 Å². The van der Waals surface area contributed by atoms with Gasteiger partial charge in [-0.25, -0.2) is 0 Å². The van der Waals surface area contributed by atoms with Crippen LogP contribution in [0.3, 0.4) is 0 Å². The van der Waals surface area contributed by atoms with Crippen LogP contribution in [0.25, 0.3) is 0 Å². The molecule has 1 unspecified atom stereocenters. The Labute approximate surface area is 465 Å². The lowest BCUT2D eigenvalue weighted by Crippen LogP contribution is -2.30. The molecule has 0 aromatic rings.